The van der Waals surface area contributed by atoms with Gasteiger partial charge in [0.25, 0.3) is 5.91 Å². The summed E-state index contributed by atoms with van der Waals surface area (Å²) in [6.07, 6.45) is 2.58. The summed E-state index contributed by atoms with van der Waals surface area (Å²) in [7, 11) is 0. The van der Waals surface area contributed by atoms with E-state index in [4.69, 9.17) is 0 Å². The zero-order valence-electron chi connectivity index (χ0n) is 10.0. The second-order valence-electron chi connectivity index (χ2n) is 4.46. The van der Waals surface area contributed by atoms with E-state index >= 15 is 0 Å². The first-order valence-electron chi connectivity index (χ1n) is 6.12. The Balaban J connectivity index is 1.82. The predicted octanol–water partition coefficient (Wildman–Crippen LogP) is 2.28. The molecular formula is C15H14N2O. The van der Waals surface area contributed by atoms with Crippen LogP contribution in [0.5, 0.6) is 0 Å². The van der Waals surface area contributed by atoms with Crippen molar-refractivity contribution in [3.63, 3.8) is 0 Å². The molecule has 0 N–H and O–H groups in total. The molecule has 1 aromatic carbocycles. The van der Waals surface area contributed by atoms with Crippen molar-refractivity contribution in [1.29, 1.82) is 0 Å². The van der Waals surface area contributed by atoms with Crippen LogP contribution in [0.3, 0.4) is 0 Å². The maximum atomic E-state index is 12.3. The van der Waals surface area contributed by atoms with Crippen LogP contribution in [0.25, 0.3) is 0 Å². The van der Waals surface area contributed by atoms with Crippen molar-refractivity contribution in [2.24, 2.45) is 0 Å². The Hall–Kier alpha value is -2.16. The highest BCUT2D eigenvalue weighted by molar-refractivity contribution is 5.92. The van der Waals surface area contributed by atoms with Crippen LogP contribution >= 0.6 is 0 Å². The van der Waals surface area contributed by atoms with Gasteiger partial charge >= 0.3 is 0 Å². The predicted molar refractivity (Wildman–Crippen MR) is 69.1 cm³/mol. The second-order valence-corrected chi connectivity index (χ2v) is 4.46. The standard InChI is InChI=1S/C15H14N2O/c18-15(14-7-3-4-9-16-14)17-10-8-12-5-1-2-6-13(12)11-17/h1-7,9H,8,10-11H2. The molecule has 1 aromatic heterocycles. The number of benzene rings is 1. The van der Waals surface area contributed by atoms with Crippen molar-refractivity contribution in [2.45, 2.75) is 13.0 Å². The fraction of sp³-hybridized carbons (Fsp3) is 0.200. The molecule has 90 valence electrons. The third-order valence-corrected chi connectivity index (χ3v) is 3.30. The van der Waals surface area contributed by atoms with E-state index in [1.54, 1.807) is 12.3 Å². The van der Waals surface area contributed by atoms with E-state index in [9.17, 15) is 4.79 Å². The van der Waals surface area contributed by atoms with Crippen molar-refractivity contribution in [3.8, 4) is 0 Å². The van der Waals surface area contributed by atoms with Gasteiger partial charge in [0, 0.05) is 19.3 Å². The normalized spacial score (nSPS) is 14.1. The monoisotopic (exact) mass is 238 g/mol. The van der Waals surface area contributed by atoms with Crippen LogP contribution in [0.15, 0.2) is 48.7 Å². The molecule has 1 amide bonds. The van der Waals surface area contributed by atoms with Crippen molar-refractivity contribution >= 4 is 5.91 Å². The molecule has 18 heavy (non-hydrogen) atoms. The number of carbonyl (C=O) groups excluding carboxylic acids is 1. The summed E-state index contributed by atoms with van der Waals surface area (Å²) in [5, 5.41) is 0. The van der Waals surface area contributed by atoms with E-state index in [1.807, 2.05) is 23.1 Å². The Morgan fingerprint density at radius 1 is 1.06 bits per heavy atom. The molecule has 0 radical (unpaired) electrons. The second kappa shape index (κ2) is 4.61. The summed E-state index contributed by atoms with van der Waals surface area (Å²) < 4.78 is 0. The Kier molecular flexibility index (Phi) is 2.81. The Bertz CT molecular complexity index is 566. The van der Waals surface area contributed by atoms with Crippen LogP contribution in [0.4, 0.5) is 0 Å². The summed E-state index contributed by atoms with van der Waals surface area (Å²) in [6.45, 7) is 1.46. The van der Waals surface area contributed by atoms with Gasteiger partial charge in [0.05, 0.1) is 0 Å². The van der Waals surface area contributed by atoms with Crippen LogP contribution < -0.4 is 0 Å². The van der Waals surface area contributed by atoms with Gasteiger partial charge in [0.1, 0.15) is 5.69 Å². The molecule has 0 unspecified atom stereocenters. The first-order chi connectivity index (χ1) is 8.84. The number of hydrogen-bond donors (Lipinski definition) is 0. The molecule has 0 bridgehead atoms. The first-order valence-corrected chi connectivity index (χ1v) is 6.12. The van der Waals surface area contributed by atoms with Gasteiger partial charge in [-0.2, -0.15) is 0 Å². The number of aromatic nitrogens is 1. The van der Waals surface area contributed by atoms with E-state index in [0.29, 0.717) is 12.2 Å². The van der Waals surface area contributed by atoms with Gasteiger partial charge in [-0.05, 0) is 29.7 Å². The average Bonchev–Trinajstić information content (AvgIpc) is 2.47. The topological polar surface area (TPSA) is 33.2 Å². The zero-order chi connectivity index (χ0) is 12.4. The summed E-state index contributed by atoms with van der Waals surface area (Å²) in [6, 6.07) is 13.7. The minimum absolute atomic E-state index is 0.0186. The average molecular weight is 238 g/mol. The van der Waals surface area contributed by atoms with Gasteiger partial charge in [-0.25, -0.2) is 0 Å². The molecule has 0 saturated carbocycles. The lowest BCUT2D eigenvalue weighted by molar-refractivity contribution is 0.0729. The largest absolute Gasteiger partial charge is 0.333 e. The van der Waals surface area contributed by atoms with Crippen LogP contribution in [0.1, 0.15) is 21.6 Å². The van der Waals surface area contributed by atoms with E-state index < -0.39 is 0 Å². The zero-order valence-corrected chi connectivity index (χ0v) is 10.0. The maximum Gasteiger partial charge on any atom is 0.272 e. The van der Waals surface area contributed by atoms with Crippen molar-refractivity contribution in [3.05, 3.63) is 65.5 Å². The number of hydrogen-bond acceptors (Lipinski definition) is 2. The quantitative estimate of drug-likeness (QED) is 0.763. The molecule has 3 rings (SSSR count). The molecule has 3 heteroatoms. The number of amides is 1. The Morgan fingerprint density at radius 2 is 1.83 bits per heavy atom. The van der Waals surface area contributed by atoms with Gasteiger partial charge in [-0.15, -0.1) is 0 Å². The van der Waals surface area contributed by atoms with Crippen LogP contribution in [0, 0.1) is 0 Å². The lowest BCUT2D eigenvalue weighted by Crippen LogP contribution is -2.36. The molecule has 0 spiro atoms. The van der Waals surface area contributed by atoms with Crippen LogP contribution in [-0.2, 0) is 13.0 Å². The third-order valence-electron chi connectivity index (χ3n) is 3.30. The summed E-state index contributed by atoms with van der Waals surface area (Å²) in [5.74, 6) is 0.0186. The van der Waals surface area contributed by atoms with Crippen molar-refractivity contribution < 1.29 is 4.79 Å². The summed E-state index contributed by atoms with van der Waals surface area (Å²) in [4.78, 5) is 18.3. The van der Waals surface area contributed by atoms with E-state index in [2.05, 4.69) is 23.2 Å². The SMILES string of the molecule is O=C(c1ccccn1)N1CCc2ccccc2C1. The number of pyridine rings is 1. The minimum Gasteiger partial charge on any atom is -0.333 e. The fourth-order valence-corrected chi connectivity index (χ4v) is 2.32. The van der Waals surface area contributed by atoms with Gasteiger partial charge in [0.2, 0.25) is 0 Å². The van der Waals surface area contributed by atoms with Crippen molar-refractivity contribution in [1.82, 2.24) is 9.88 Å². The molecule has 0 atom stereocenters. The first kappa shape index (κ1) is 11.0. The molecule has 1 aliphatic heterocycles. The molecule has 0 saturated heterocycles. The number of rotatable bonds is 1. The van der Waals surface area contributed by atoms with E-state index in [1.165, 1.54) is 11.1 Å². The molecule has 1 aliphatic rings. The van der Waals surface area contributed by atoms with Crippen LogP contribution in [-0.4, -0.2) is 22.3 Å². The lowest BCUT2D eigenvalue weighted by atomic mass is 10.00. The molecule has 0 aliphatic carbocycles. The smallest absolute Gasteiger partial charge is 0.272 e. The minimum atomic E-state index is 0.0186. The van der Waals surface area contributed by atoms with Gasteiger partial charge in [-0.3, -0.25) is 9.78 Å². The third kappa shape index (κ3) is 1.99. The molecule has 2 heterocycles. The summed E-state index contributed by atoms with van der Waals surface area (Å²) >= 11 is 0. The van der Waals surface area contributed by atoms with Gasteiger partial charge < -0.3 is 4.90 Å². The molecule has 3 nitrogen and oxygen atoms in total. The number of nitrogens with zero attached hydrogens (tertiary/aromatic N) is 2. The number of carbonyl (C=O) groups is 1. The number of fused-ring (bicyclic) bond motifs is 1. The summed E-state index contributed by atoms with van der Waals surface area (Å²) in [5.41, 5.74) is 3.12. The van der Waals surface area contributed by atoms with Crippen molar-refractivity contribution in [2.75, 3.05) is 6.54 Å². The Morgan fingerprint density at radius 3 is 2.61 bits per heavy atom. The Labute approximate surface area is 106 Å². The van der Waals surface area contributed by atoms with Crippen LogP contribution in [0.2, 0.25) is 0 Å². The lowest BCUT2D eigenvalue weighted by Gasteiger charge is -2.28. The highest BCUT2D eigenvalue weighted by atomic mass is 16.2. The highest BCUT2D eigenvalue weighted by Gasteiger charge is 2.21. The molecule has 2 aromatic rings. The maximum absolute atomic E-state index is 12.3. The highest BCUT2D eigenvalue weighted by Crippen LogP contribution is 2.19. The molecular weight excluding hydrogens is 224 g/mol. The van der Waals surface area contributed by atoms with E-state index in [0.717, 1.165) is 13.0 Å². The van der Waals surface area contributed by atoms with E-state index in [-0.39, 0.29) is 5.91 Å². The van der Waals surface area contributed by atoms with Gasteiger partial charge in [-0.1, -0.05) is 30.3 Å². The van der Waals surface area contributed by atoms with Gasteiger partial charge in [0.15, 0.2) is 0 Å². The molecule has 0 fully saturated rings. The fourth-order valence-electron chi connectivity index (χ4n) is 2.32.